The molecule has 1 unspecified atom stereocenters. The molecule has 0 spiro atoms. The number of nitrogens with one attached hydrogen (secondary N) is 1. The second kappa shape index (κ2) is 5.14. The van der Waals surface area contributed by atoms with Gasteiger partial charge in [0.2, 0.25) is 6.41 Å². The molecule has 82 valence electrons. The first-order chi connectivity index (χ1) is 7.19. The quantitative estimate of drug-likeness (QED) is 0.629. The second-order valence-electron chi connectivity index (χ2n) is 3.02. The molecule has 1 aromatic rings. The molecule has 6 heteroatoms. The van der Waals surface area contributed by atoms with Gasteiger partial charge in [-0.2, -0.15) is 5.10 Å². The fraction of sp³-hybridized carbons (Fsp3) is 0.444. The largest absolute Gasteiger partial charge is 0.480 e. The van der Waals surface area contributed by atoms with Crippen LogP contribution < -0.4 is 5.32 Å². The van der Waals surface area contributed by atoms with Crippen molar-refractivity contribution in [1.29, 1.82) is 0 Å². The summed E-state index contributed by atoms with van der Waals surface area (Å²) in [4.78, 5) is 21.0. The molecule has 0 aliphatic heterocycles. The summed E-state index contributed by atoms with van der Waals surface area (Å²) in [5, 5.41) is 15.1. The molecule has 2 N–H and O–H groups in total. The number of aryl methyl sites for hydroxylation is 1. The second-order valence-corrected chi connectivity index (χ2v) is 3.02. The van der Waals surface area contributed by atoms with Gasteiger partial charge in [0.05, 0.1) is 0 Å². The number of rotatable bonds is 6. The summed E-state index contributed by atoms with van der Waals surface area (Å²) < 4.78 is 1.70. The number of carboxylic acid groups (broad SMARTS) is 1. The molecule has 0 fully saturated rings. The molecule has 0 saturated carbocycles. The fourth-order valence-corrected chi connectivity index (χ4v) is 1.33. The first-order valence-electron chi connectivity index (χ1n) is 4.62. The Hall–Kier alpha value is -1.85. The van der Waals surface area contributed by atoms with E-state index in [-0.39, 0.29) is 6.42 Å². The van der Waals surface area contributed by atoms with Gasteiger partial charge in [0.25, 0.3) is 0 Å². The lowest BCUT2D eigenvalue weighted by molar-refractivity contribution is -0.140. The van der Waals surface area contributed by atoms with Crippen molar-refractivity contribution in [2.75, 3.05) is 0 Å². The minimum atomic E-state index is -1.05. The van der Waals surface area contributed by atoms with Gasteiger partial charge >= 0.3 is 5.97 Å². The maximum absolute atomic E-state index is 10.8. The van der Waals surface area contributed by atoms with Gasteiger partial charge in [-0.1, -0.05) is 0 Å². The van der Waals surface area contributed by atoms with Gasteiger partial charge in [-0.3, -0.25) is 9.48 Å². The van der Waals surface area contributed by atoms with E-state index in [9.17, 15) is 9.59 Å². The summed E-state index contributed by atoms with van der Waals surface area (Å²) in [6.07, 6.45) is 2.24. The van der Waals surface area contributed by atoms with Crippen LogP contribution in [0.4, 0.5) is 0 Å². The minimum absolute atomic E-state index is 0.238. The summed E-state index contributed by atoms with van der Waals surface area (Å²) in [6, 6.07) is 0.843. The molecule has 0 aromatic carbocycles. The molecule has 6 nitrogen and oxygen atoms in total. The van der Waals surface area contributed by atoms with E-state index in [1.807, 2.05) is 6.92 Å². The normalized spacial score (nSPS) is 12.1. The van der Waals surface area contributed by atoms with E-state index in [1.165, 1.54) is 0 Å². The number of carbonyl (C=O) groups is 2. The van der Waals surface area contributed by atoms with Crippen LogP contribution in [-0.2, 0) is 22.6 Å². The molecule has 1 atom stereocenters. The van der Waals surface area contributed by atoms with Crippen LogP contribution in [0.25, 0.3) is 0 Å². The molecule has 0 radical (unpaired) electrons. The fourth-order valence-electron chi connectivity index (χ4n) is 1.33. The Bertz CT molecular complexity index is 348. The van der Waals surface area contributed by atoms with Crippen molar-refractivity contribution >= 4 is 12.4 Å². The van der Waals surface area contributed by atoms with E-state index in [2.05, 4.69) is 10.4 Å². The number of amides is 1. The third kappa shape index (κ3) is 2.80. The van der Waals surface area contributed by atoms with Crippen LogP contribution in [-0.4, -0.2) is 33.3 Å². The highest BCUT2D eigenvalue weighted by Gasteiger charge is 2.18. The number of aliphatic carboxylic acids is 1. The molecule has 1 aromatic heterocycles. The zero-order chi connectivity index (χ0) is 11.3. The van der Waals surface area contributed by atoms with E-state index in [0.717, 1.165) is 5.69 Å². The lowest BCUT2D eigenvalue weighted by Crippen LogP contribution is -2.38. The molecule has 1 amide bonds. The summed E-state index contributed by atoms with van der Waals surface area (Å²) >= 11 is 0. The number of carbonyl (C=O) groups excluding carboxylic acids is 1. The highest BCUT2D eigenvalue weighted by Crippen LogP contribution is 2.03. The lowest BCUT2D eigenvalue weighted by Gasteiger charge is -2.11. The monoisotopic (exact) mass is 211 g/mol. The predicted octanol–water partition coefficient (Wildman–Crippen LogP) is -0.355. The Balaban J connectivity index is 2.73. The SMILES string of the molecule is CCn1nccc1CC(NC=O)C(=O)O. The molecular formula is C9H13N3O3. The van der Waals surface area contributed by atoms with Crippen molar-refractivity contribution in [3.05, 3.63) is 18.0 Å². The van der Waals surface area contributed by atoms with Gasteiger partial charge in [-0.05, 0) is 13.0 Å². The summed E-state index contributed by atoms with van der Waals surface area (Å²) in [7, 11) is 0. The van der Waals surface area contributed by atoms with E-state index < -0.39 is 12.0 Å². The number of aromatic nitrogens is 2. The van der Waals surface area contributed by atoms with Crippen molar-refractivity contribution < 1.29 is 14.7 Å². The van der Waals surface area contributed by atoms with Crippen molar-refractivity contribution in [2.24, 2.45) is 0 Å². The number of hydrogen-bond acceptors (Lipinski definition) is 3. The molecule has 0 aliphatic carbocycles. The third-order valence-corrected chi connectivity index (χ3v) is 2.08. The first-order valence-corrected chi connectivity index (χ1v) is 4.62. The Morgan fingerprint density at radius 3 is 3.07 bits per heavy atom. The van der Waals surface area contributed by atoms with E-state index in [1.54, 1.807) is 16.9 Å². The maximum atomic E-state index is 10.8. The van der Waals surface area contributed by atoms with E-state index in [0.29, 0.717) is 13.0 Å². The van der Waals surface area contributed by atoms with Crippen LogP contribution >= 0.6 is 0 Å². The zero-order valence-corrected chi connectivity index (χ0v) is 8.38. The number of carboxylic acids is 1. The number of nitrogens with zero attached hydrogens (tertiary/aromatic N) is 2. The van der Waals surface area contributed by atoms with Crippen molar-refractivity contribution in [3.8, 4) is 0 Å². The van der Waals surface area contributed by atoms with Crippen LogP contribution in [0, 0.1) is 0 Å². The van der Waals surface area contributed by atoms with Crippen LogP contribution in [0.2, 0.25) is 0 Å². The van der Waals surface area contributed by atoms with Gasteiger partial charge in [-0.25, -0.2) is 4.79 Å². The Morgan fingerprint density at radius 2 is 2.53 bits per heavy atom. The number of hydrogen-bond donors (Lipinski definition) is 2. The van der Waals surface area contributed by atoms with Gasteiger partial charge in [0, 0.05) is 24.9 Å². The average Bonchev–Trinajstić information content (AvgIpc) is 2.64. The van der Waals surface area contributed by atoms with Crippen LogP contribution in [0.1, 0.15) is 12.6 Å². The van der Waals surface area contributed by atoms with Gasteiger partial charge < -0.3 is 10.4 Å². The van der Waals surface area contributed by atoms with E-state index >= 15 is 0 Å². The van der Waals surface area contributed by atoms with Gasteiger partial charge in [-0.15, -0.1) is 0 Å². The van der Waals surface area contributed by atoms with Crippen molar-refractivity contribution in [2.45, 2.75) is 25.9 Å². The van der Waals surface area contributed by atoms with E-state index in [4.69, 9.17) is 5.11 Å². The Kier molecular flexibility index (Phi) is 3.84. The lowest BCUT2D eigenvalue weighted by atomic mass is 10.1. The molecule has 0 aliphatic rings. The summed E-state index contributed by atoms with van der Waals surface area (Å²) in [6.45, 7) is 2.59. The van der Waals surface area contributed by atoms with Crippen LogP contribution in [0.3, 0.4) is 0 Å². The summed E-state index contributed by atoms with van der Waals surface area (Å²) in [5.41, 5.74) is 0.791. The molecular weight excluding hydrogens is 198 g/mol. The molecule has 1 heterocycles. The maximum Gasteiger partial charge on any atom is 0.326 e. The topological polar surface area (TPSA) is 84.2 Å². The smallest absolute Gasteiger partial charge is 0.326 e. The summed E-state index contributed by atoms with van der Waals surface area (Å²) in [5.74, 6) is -1.05. The van der Waals surface area contributed by atoms with Gasteiger partial charge in [0.1, 0.15) is 6.04 Å². The third-order valence-electron chi connectivity index (χ3n) is 2.08. The highest BCUT2D eigenvalue weighted by atomic mass is 16.4. The molecule has 15 heavy (non-hydrogen) atoms. The first kappa shape index (κ1) is 11.2. The van der Waals surface area contributed by atoms with Crippen LogP contribution in [0.15, 0.2) is 12.3 Å². The minimum Gasteiger partial charge on any atom is -0.480 e. The Labute approximate surface area is 86.9 Å². The molecule has 0 bridgehead atoms. The molecule has 1 rings (SSSR count). The Morgan fingerprint density at radius 1 is 1.80 bits per heavy atom. The zero-order valence-electron chi connectivity index (χ0n) is 8.38. The van der Waals surface area contributed by atoms with Crippen molar-refractivity contribution in [3.63, 3.8) is 0 Å². The van der Waals surface area contributed by atoms with Crippen molar-refractivity contribution in [1.82, 2.24) is 15.1 Å². The molecule has 0 saturated heterocycles. The predicted molar refractivity (Wildman–Crippen MR) is 52.2 cm³/mol. The highest BCUT2D eigenvalue weighted by molar-refractivity contribution is 5.76. The average molecular weight is 211 g/mol. The van der Waals surface area contributed by atoms with Gasteiger partial charge in [0.15, 0.2) is 0 Å². The standard InChI is InChI=1S/C9H13N3O3/c1-2-12-7(3-4-11-12)5-8(9(14)15)10-6-13/h3-4,6,8H,2,5H2,1H3,(H,10,13)(H,14,15). The van der Waals surface area contributed by atoms with Crippen LogP contribution in [0.5, 0.6) is 0 Å².